The van der Waals surface area contributed by atoms with Gasteiger partial charge in [-0.25, -0.2) is 15.0 Å². The summed E-state index contributed by atoms with van der Waals surface area (Å²) < 4.78 is 4.94. The molecular formula is C23H30N6O3. The molecular weight excluding hydrogens is 408 g/mol. The van der Waals surface area contributed by atoms with E-state index in [-0.39, 0.29) is 12.4 Å². The van der Waals surface area contributed by atoms with Gasteiger partial charge in [0.1, 0.15) is 5.82 Å². The highest BCUT2D eigenvalue weighted by molar-refractivity contribution is 5.92. The van der Waals surface area contributed by atoms with Crippen LogP contribution in [0, 0.1) is 5.41 Å². The summed E-state index contributed by atoms with van der Waals surface area (Å²) in [6, 6.07) is 3.97. The Bertz CT molecular complexity index is 945. The number of aromatic nitrogens is 3. The number of nitrogens with zero attached hydrogens (tertiary/aromatic N) is 3. The highest BCUT2D eigenvalue weighted by Gasteiger charge is 2.15. The molecule has 1 aliphatic heterocycles. The smallest absolute Gasteiger partial charge is 0.316 e. The lowest BCUT2D eigenvalue weighted by atomic mass is 10.1. The number of allylic oxidation sites excluding steroid dienone is 1. The second kappa shape index (κ2) is 11.8. The summed E-state index contributed by atoms with van der Waals surface area (Å²) in [6.07, 6.45) is 11.9. The maximum Gasteiger partial charge on any atom is 0.316 e. The standard InChI is InChI=1S/C23H30N6O3/c1-32-23-27-14-17(15-28-23)20(13-21(30)31)25-12-10-18(24)6-4-7-19-9-8-16-5-2-3-11-26-22(16)29-19/h8-10,12,14-15,20,24-25H,2-7,11,13H2,1H3,(H,26,29)(H,30,31)/b12-10-,24-18?. The maximum absolute atomic E-state index is 11.2. The number of ether oxygens (including phenoxy) is 1. The normalized spacial score (nSPS) is 14.2. The Labute approximate surface area is 187 Å². The molecule has 32 heavy (non-hydrogen) atoms. The fourth-order valence-electron chi connectivity index (χ4n) is 3.54. The maximum atomic E-state index is 11.2. The van der Waals surface area contributed by atoms with Crippen molar-refractivity contribution in [3.05, 3.63) is 53.6 Å². The van der Waals surface area contributed by atoms with E-state index in [0.29, 0.717) is 17.7 Å². The molecule has 0 amide bonds. The number of rotatable bonds is 11. The van der Waals surface area contributed by atoms with Gasteiger partial charge in [-0.2, -0.15) is 0 Å². The van der Waals surface area contributed by atoms with Crippen molar-refractivity contribution in [2.24, 2.45) is 0 Å². The molecule has 1 unspecified atom stereocenters. The quantitative estimate of drug-likeness (QED) is 0.393. The molecule has 2 aromatic rings. The second-order valence-electron chi connectivity index (χ2n) is 7.73. The van der Waals surface area contributed by atoms with Gasteiger partial charge in [0.25, 0.3) is 0 Å². The summed E-state index contributed by atoms with van der Waals surface area (Å²) in [7, 11) is 1.47. The predicted molar refractivity (Wildman–Crippen MR) is 122 cm³/mol. The number of aryl methyl sites for hydroxylation is 2. The molecule has 0 saturated carbocycles. The van der Waals surface area contributed by atoms with Gasteiger partial charge in [-0.1, -0.05) is 6.07 Å². The number of methoxy groups -OCH3 is 1. The van der Waals surface area contributed by atoms with Gasteiger partial charge in [-0.05, 0) is 62.4 Å². The number of hydrogen-bond donors (Lipinski definition) is 4. The zero-order chi connectivity index (χ0) is 22.8. The van der Waals surface area contributed by atoms with Gasteiger partial charge in [0.05, 0.1) is 19.6 Å². The summed E-state index contributed by atoms with van der Waals surface area (Å²) >= 11 is 0. The van der Waals surface area contributed by atoms with E-state index in [0.717, 1.165) is 37.3 Å². The first-order valence-corrected chi connectivity index (χ1v) is 10.9. The SMILES string of the molecule is COc1ncc(C(CC(=O)O)N/C=C\C(=N)CCCc2ccc3c(n2)NCCCC3)cn1. The number of pyridine rings is 1. The minimum Gasteiger partial charge on any atom is -0.481 e. The van der Waals surface area contributed by atoms with Crippen molar-refractivity contribution >= 4 is 17.5 Å². The third-order valence-electron chi connectivity index (χ3n) is 5.27. The van der Waals surface area contributed by atoms with Crippen LogP contribution in [0.3, 0.4) is 0 Å². The first-order valence-electron chi connectivity index (χ1n) is 10.9. The summed E-state index contributed by atoms with van der Waals surface area (Å²) in [5.74, 6) is 0.0655. The largest absolute Gasteiger partial charge is 0.481 e. The molecule has 0 fully saturated rings. The van der Waals surface area contributed by atoms with Gasteiger partial charge < -0.3 is 25.9 Å². The lowest BCUT2D eigenvalue weighted by Crippen LogP contribution is -2.20. The van der Waals surface area contributed by atoms with Crippen molar-refractivity contribution in [3.63, 3.8) is 0 Å². The van der Waals surface area contributed by atoms with Crippen molar-refractivity contribution in [1.82, 2.24) is 20.3 Å². The monoisotopic (exact) mass is 438 g/mol. The van der Waals surface area contributed by atoms with E-state index in [1.807, 2.05) is 0 Å². The van der Waals surface area contributed by atoms with Crippen LogP contribution in [0.15, 0.2) is 36.8 Å². The first-order chi connectivity index (χ1) is 15.5. The third-order valence-corrected chi connectivity index (χ3v) is 5.27. The van der Waals surface area contributed by atoms with Gasteiger partial charge in [0.15, 0.2) is 0 Å². The van der Waals surface area contributed by atoms with Crippen molar-refractivity contribution in [1.29, 1.82) is 5.41 Å². The van der Waals surface area contributed by atoms with Crippen LogP contribution in [-0.4, -0.2) is 45.4 Å². The molecule has 4 N–H and O–H groups in total. The van der Waals surface area contributed by atoms with E-state index in [1.54, 1.807) is 12.3 Å². The highest BCUT2D eigenvalue weighted by Crippen LogP contribution is 2.20. The summed E-state index contributed by atoms with van der Waals surface area (Å²) in [4.78, 5) is 24.0. The van der Waals surface area contributed by atoms with E-state index < -0.39 is 12.0 Å². The predicted octanol–water partition coefficient (Wildman–Crippen LogP) is 3.29. The Hall–Kier alpha value is -3.49. The molecule has 0 bridgehead atoms. The van der Waals surface area contributed by atoms with E-state index in [9.17, 15) is 9.90 Å². The van der Waals surface area contributed by atoms with E-state index in [4.69, 9.17) is 15.1 Å². The van der Waals surface area contributed by atoms with Gasteiger partial charge >= 0.3 is 12.0 Å². The van der Waals surface area contributed by atoms with Crippen LogP contribution >= 0.6 is 0 Å². The number of carboxylic acids is 1. The van der Waals surface area contributed by atoms with Gasteiger partial charge in [0, 0.05) is 35.9 Å². The molecule has 170 valence electrons. The van der Waals surface area contributed by atoms with E-state index in [1.165, 1.54) is 37.9 Å². The molecule has 0 spiro atoms. The molecule has 0 radical (unpaired) electrons. The number of hydrogen-bond acceptors (Lipinski definition) is 8. The van der Waals surface area contributed by atoms with Crippen LogP contribution in [0.5, 0.6) is 6.01 Å². The van der Waals surface area contributed by atoms with Gasteiger partial charge in [0.2, 0.25) is 0 Å². The van der Waals surface area contributed by atoms with E-state index in [2.05, 4.69) is 32.7 Å². The van der Waals surface area contributed by atoms with Crippen molar-refractivity contribution in [2.45, 2.75) is 51.0 Å². The van der Waals surface area contributed by atoms with Crippen LogP contribution in [0.2, 0.25) is 0 Å². The lowest BCUT2D eigenvalue weighted by molar-refractivity contribution is -0.137. The van der Waals surface area contributed by atoms with E-state index >= 15 is 0 Å². The molecule has 9 nitrogen and oxygen atoms in total. The number of aliphatic carboxylic acids is 1. The Balaban J connectivity index is 1.48. The summed E-state index contributed by atoms with van der Waals surface area (Å²) in [6.45, 7) is 0.970. The molecule has 0 saturated heterocycles. The summed E-state index contributed by atoms with van der Waals surface area (Å²) in [5.41, 5.74) is 3.41. The topological polar surface area (TPSA) is 133 Å². The molecule has 1 aliphatic rings. The van der Waals surface area contributed by atoms with Gasteiger partial charge in [-0.3, -0.25) is 4.79 Å². The van der Waals surface area contributed by atoms with Gasteiger partial charge in [-0.15, -0.1) is 0 Å². The van der Waals surface area contributed by atoms with Crippen LogP contribution < -0.4 is 15.4 Å². The first kappa shape index (κ1) is 23.2. The number of fused-ring (bicyclic) bond motifs is 1. The third kappa shape index (κ3) is 7.04. The fraction of sp³-hybridized carbons (Fsp3) is 0.435. The number of carboxylic acid groups (broad SMARTS) is 1. The Morgan fingerprint density at radius 2 is 2.16 bits per heavy atom. The van der Waals surface area contributed by atoms with Crippen LogP contribution in [0.25, 0.3) is 0 Å². The minimum atomic E-state index is -0.940. The van der Waals surface area contributed by atoms with Crippen molar-refractivity contribution in [2.75, 3.05) is 19.0 Å². The molecule has 9 heteroatoms. The number of nitrogens with one attached hydrogen (secondary N) is 3. The zero-order valence-electron chi connectivity index (χ0n) is 18.3. The Kier molecular flexibility index (Phi) is 8.53. The summed E-state index contributed by atoms with van der Waals surface area (Å²) in [5, 5.41) is 23.8. The van der Waals surface area contributed by atoms with Crippen LogP contribution in [0.4, 0.5) is 5.82 Å². The zero-order valence-corrected chi connectivity index (χ0v) is 18.3. The van der Waals surface area contributed by atoms with Crippen molar-refractivity contribution < 1.29 is 14.6 Å². The number of carbonyl (C=O) groups is 1. The van der Waals surface area contributed by atoms with Crippen LogP contribution in [0.1, 0.15) is 55.0 Å². The molecule has 0 aliphatic carbocycles. The lowest BCUT2D eigenvalue weighted by Gasteiger charge is -2.15. The molecule has 3 rings (SSSR count). The molecule has 2 aromatic heterocycles. The molecule has 3 heterocycles. The Morgan fingerprint density at radius 3 is 2.91 bits per heavy atom. The molecule has 1 atom stereocenters. The average molecular weight is 439 g/mol. The minimum absolute atomic E-state index is 0.134. The highest BCUT2D eigenvalue weighted by atomic mass is 16.5. The molecule has 0 aromatic carbocycles. The fourth-order valence-corrected chi connectivity index (χ4v) is 3.54. The second-order valence-corrected chi connectivity index (χ2v) is 7.73. The number of anilines is 1. The average Bonchev–Trinajstić information content (AvgIpc) is 3.03. The van der Waals surface area contributed by atoms with Crippen molar-refractivity contribution in [3.8, 4) is 6.01 Å². The van der Waals surface area contributed by atoms with Crippen LogP contribution in [-0.2, 0) is 17.6 Å². The Morgan fingerprint density at radius 1 is 1.34 bits per heavy atom.